The van der Waals surface area contributed by atoms with E-state index in [9.17, 15) is 9.50 Å². The Morgan fingerprint density at radius 3 is 2.59 bits per heavy atom. The number of methoxy groups -OCH3 is 1. The van der Waals surface area contributed by atoms with E-state index >= 15 is 0 Å². The molecule has 0 spiro atoms. The van der Waals surface area contributed by atoms with Crippen LogP contribution >= 0.6 is 11.6 Å². The van der Waals surface area contributed by atoms with Crippen molar-refractivity contribution in [2.24, 2.45) is 0 Å². The van der Waals surface area contributed by atoms with Crippen LogP contribution in [0.25, 0.3) is 11.1 Å². The van der Waals surface area contributed by atoms with Crippen LogP contribution in [0.4, 0.5) is 4.39 Å². The van der Waals surface area contributed by atoms with E-state index in [1.807, 2.05) is 0 Å². The van der Waals surface area contributed by atoms with E-state index in [4.69, 9.17) is 16.3 Å². The number of hydrogen-bond donors (Lipinski definition) is 1. The number of ether oxygens (including phenoxy) is 1. The summed E-state index contributed by atoms with van der Waals surface area (Å²) in [4.78, 5) is 0. The van der Waals surface area contributed by atoms with Crippen molar-refractivity contribution in [3.63, 3.8) is 0 Å². The molecular weight excluding hydrogens is 243 g/mol. The molecule has 0 amide bonds. The third kappa shape index (κ3) is 2.34. The Labute approximate surface area is 103 Å². The molecule has 0 bridgehead atoms. The first-order chi connectivity index (χ1) is 8.11. The fourth-order valence-electron chi connectivity index (χ4n) is 1.58. The summed E-state index contributed by atoms with van der Waals surface area (Å²) in [5.41, 5.74) is 1.28. The van der Waals surface area contributed by atoms with Gasteiger partial charge in [-0.1, -0.05) is 17.7 Å². The summed E-state index contributed by atoms with van der Waals surface area (Å²) < 4.78 is 18.4. The Kier molecular flexibility index (Phi) is 3.20. The molecule has 17 heavy (non-hydrogen) atoms. The third-order valence-corrected chi connectivity index (χ3v) is 2.72. The highest BCUT2D eigenvalue weighted by molar-refractivity contribution is 6.32. The number of aromatic hydroxyl groups is 1. The first-order valence-corrected chi connectivity index (χ1v) is 5.32. The fourth-order valence-corrected chi connectivity index (χ4v) is 1.76. The van der Waals surface area contributed by atoms with Crippen molar-refractivity contribution < 1.29 is 14.2 Å². The highest BCUT2D eigenvalue weighted by atomic mass is 35.5. The van der Waals surface area contributed by atoms with Crippen LogP contribution in [0, 0.1) is 5.82 Å². The predicted molar refractivity (Wildman–Crippen MR) is 65.1 cm³/mol. The molecule has 0 aromatic heterocycles. The number of rotatable bonds is 2. The van der Waals surface area contributed by atoms with Crippen molar-refractivity contribution >= 4 is 11.6 Å². The maximum absolute atomic E-state index is 13.2. The van der Waals surface area contributed by atoms with Gasteiger partial charge in [0.2, 0.25) is 0 Å². The zero-order valence-corrected chi connectivity index (χ0v) is 9.83. The van der Waals surface area contributed by atoms with E-state index in [2.05, 4.69) is 0 Å². The van der Waals surface area contributed by atoms with E-state index < -0.39 is 0 Å². The predicted octanol–water partition coefficient (Wildman–Crippen LogP) is 3.86. The van der Waals surface area contributed by atoms with Crippen molar-refractivity contribution in [1.29, 1.82) is 0 Å². The minimum atomic E-state index is -0.356. The Morgan fingerprint density at radius 2 is 1.94 bits per heavy atom. The molecule has 0 radical (unpaired) electrons. The van der Waals surface area contributed by atoms with Gasteiger partial charge in [-0.3, -0.25) is 0 Å². The van der Waals surface area contributed by atoms with Gasteiger partial charge in [0, 0.05) is 5.56 Å². The number of halogens is 2. The van der Waals surface area contributed by atoms with Crippen LogP contribution in [-0.2, 0) is 0 Å². The monoisotopic (exact) mass is 252 g/mol. The first kappa shape index (κ1) is 11.7. The summed E-state index contributed by atoms with van der Waals surface area (Å²) in [6, 6.07) is 8.91. The molecule has 0 aliphatic heterocycles. The summed E-state index contributed by atoms with van der Waals surface area (Å²) in [6.45, 7) is 0. The maximum Gasteiger partial charge on any atom is 0.134 e. The lowest BCUT2D eigenvalue weighted by molar-refractivity contribution is 0.415. The van der Waals surface area contributed by atoms with Gasteiger partial charge in [-0.15, -0.1) is 0 Å². The molecule has 2 aromatic rings. The number of benzene rings is 2. The minimum absolute atomic E-state index is 0.00853. The molecule has 0 heterocycles. The first-order valence-electron chi connectivity index (χ1n) is 4.94. The highest BCUT2D eigenvalue weighted by Gasteiger charge is 2.09. The average Bonchev–Trinajstić information content (AvgIpc) is 2.32. The van der Waals surface area contributed by atoms with Crippen LogP contribution in [0.5, 0.6) is 11.5 Å². The molecule has 0 unspecified atom stereocenters. The average molecular weight is 253 g/mol. The van der Waals surface area contributed by atoms with E-state index in [1.165, 1.54) is 25.3 Å². The lowest BCUT2D eigenvalue weighted by atomic mass is 10.0. The summed E-state index contributed by atoms with van der Waals surface area (Å²) in [5.74, 6) is 0.184. The normalized spacial score (nSPS) is 10.3. The van der Waals surface area contributed by atoms with Crippen molar-refractivity contribution in [2.45, 2.75) is 0 Å². The fraction of sp³-hybridized carbons (Fsp3) is 0.0769. The lowest BCUT2D eigenvalue weighted by Gasteiger charge is -2.09. The molecule has 0 saturated carbocycles. The topological polar surface area (TPSA) is 29.5 Å². The van der Waals surface area contributed by atoms with Gasteiger partial charge in [0.1, 0.15) is 17.3 Å². The Morgan fingerprint density at radius 1 is 1.18 bits per heavy atom. The maximum atomic E-state index is 13.2. The Balaban J connectivity index is 2.58. The van der Waals surface area contributed by atoms with Gasteiger partial charge in [-0.2, -0.15) is 0 Å². The lowest BCUT2D eigenvalue weighted by Crippen LogP contribution is -1.89. The molecule has 0 fully saturated rings. The highest BCUT2D eigenvalue weighted by Crippen LogP contribution is 2.34. The molecule has 2 nitrogen and oxygen atoms in total. The number of hydrogen-bond acceptors (Lipinski definition) is 2. The molecule has 0 aliphatic rings. The summed E-state index contributed by atoms with van der Waals surface area (Å²) in [6.07, 6.45) is 0. The molecule has 88 valence electrons. The SMILES string of the molecule is COc1ccc(F)cc1-c1ccc(O)c(Cl)c1. The van der Waals surface area contributed by atoms with E-state index in [0.29, 0.717) is 16.9 Å². The van der Waals surface area contributed by atoms with Gasteiger partial charge in [0.15, 0.2) is 0 Å². The summed E-state index contributed by atoms with van der Waals surface area (Å²) in [7, 11) is 1.51. The minimum Gasteiger partial charge on any atom is -0.506 e. The largest absolute Gasteiger partial charge is 0.506 e. The van der Waals surface area contributed by atoms with Crippen molar-refractivity contribution in [3.8, 4) is 22.6 Å². The zero-order valence-electron chi connectivity index (χ0n) is 9.08. The smallest absolute Gasteiger partial charge is 0.134 e. The van der Waals surface area contributed by atoms with E-state index in [-0.39, 0.29) is 16.6 Å². The van der Waals surface area contributed by atoms with Gasteiger partial charge < -0.3 is 9.84 Å². The Hall–Kier alpha value is -1.74. The van der Waals surface area contributed by atoms with Gasteiger partial charge in [-0.25, -0.2) is 4.39 Å². The zero-order chi connectivity index (χ0) is 12.4. The van der Waals surface area contributed by atoms with Gasteiger partial charge in [-0.05, 0) is 35.9 Å². The van der Waals surface area contributed by atoms with E-state index in [1.54, 1.807) is 18.2 Å². The molecule has 0 aliphatic carbocycles. The summed E-state index contributed by atoms with van der Waals surface area (Å²) >= 11 is 5.81. The number of phenolic OH excluding ortho intramolecular Hbond substituents is 1. The van der Waals surface area contributed by atoms with Crippen LogP contribution in [0.2, 0.25) is 5.02 Å². The third-order valence-electron chi connectivity index (χ3n) is 2.42. The van der Waals surface area contributed by atoms with E-state index in [0.717, 1.165) is 0 Å². The van der Waals surface area contributed by atoms with Crippen molar-refractivity contribution in [1.82, 2.24) is 0 Å². The summed E-state index contributed by atoms with van der Waals surface area (Å²) in [5, 5.41) is 9.55. The van der Waals surface area contributed by atoms with Gasteiger partial charge >= 0.3 is 0 Å². The van der Waals surface area contributed by atoms with Crippen LogP contribution < -0.4 is 4.74 Å². The van der Waals surface area contributed by atoms with Crippen molar-refractivity contribution in [3.05, 3.63) is 47.2 Å². The molecule has 2 aromatic carbocycles. The number of phenols is 1. The molecule has 0 atom stereocenters. The van der Waals surface area contributed by atoms with Crippen LogP contribution in [0.1, 0.15) is 0 Å². The second kappa shape index (κ2) is 4.63. The van der Waals surface area contributed by atoms with Gasteiger partial charge in [0.05, 0.1) is 12.1 Å². The van der Waals surface area contributed by atoms with Crippen LogP contribution in [-0.4, -0.2) is 12.2 Å². The quantitative estimate of drug-likeness (QED) is 0.879. The Bertz CT molecular complexity index is 555. The molecule has 4 heteroatoms. The molecule has 0 saturated heterocycles. The second-order valence-electron chi connectivity index (χ2n) is 3.51. The second-order valence-corrected chi connectivity index (χ2v) is 3.92. The molecule has 2 rings (SSSR count). The van der Waals surface area contributed by atoms with Crippen LogP contribution in [0.3, 0.4) is 0 Å². The standard InChI is InChI=1S/C13H10ClFO2/c1-17-13-5-3-9(15)7-10(13)8-2-4-12(16)11(14)6-8/h2-7,16H,1H3. The van der Waals surface area contributed by atoms with Crippen LogP contribution in [0.15, 0.2) is 36.4 Å². The molecular formula is C13H10ClFO2. The van der Waals surface area contributed by atoms with Gasteiger partial charge in [0.25, 0.3) is 0 Å². The molecule has 1 N–H and O–H groups in total. The van der Waals surface area contributed by atoms with Crippen molar-refractivity contribution in [2.75, 3.05) is 7.11 Å².